The van der Waals surface area contributed by atoms with Crippen molar-refractivity contribution in [1.82, 2.24) is 15.5 Å². The second-order valence-electron chi connectivity index (χ2n) is 4.89. The van der Waals surface area contributed by atoms with Gasteiger partial charge in [0.2, 0.25) is 5.91 Å². The first-order valence-electron chi connectivity index (χ1n) is 7.31. The molecule has 2 atom stereocenters. The maximum atomic E-state index is 13.6. The van der Waals surface area contributed by atoms with Gasteiger partial charge >= 0.3 is 0 Å². The van der Waals surface area contributed by atoms with Gasteiger partial charge in [0.05, 0.1) is 5.25 Å². The lowest BCUT2D eigenvalue weighted by atomic mass is 10.3. The highest BCUT2D eigenvalue weighted by molar-refractivity contribution is 8.00. The topological polar surface area (TPSA) is 77.2 Å². The van der Waals surface area contributed by atoms with Crippen molar-refractivity contribution >= 4 is 17.7 Å². The quantitative estimate of drug-likeness (QED) is 0.582. The van der Waals surface area contributed by atoms with Crippen LogP contribution in [0.15, 0.2) is 46.6 Å². The third-order valence-corrected chi connectivity index (χ3v) is 3.91. The van der Waals surface area contributed by atoms with Crippen molar-refractivity contribution in [3.63, 3.8) is 0 Å². The van der Waals surface area contributed by atoms with E-state index in [1.54, 1.807) is 32.1 Å². The zero-order valence-electron chi connectivity index (χ0n) is 13.4. The Morgan fingerprint density at radius 1 is 1.46 bits per heavy atom. The Kier molecular flexibility index (Phi) is 6.36. The van der Waals surface area contributed by atoms with E-state index in [0.717, 1.165) is 11.8 Å². The molecular weight excluding hydrogens is 333 g/mol. The van der Waals surface area contributed by atoms with E-state index in [0.29, 0.717) is 6.54 Å². The fourth-order valence-corrected chi connectivity index (χ4v) is 2.45. The molecule has 1 heterocycles. The summed E-state index contributed by atoms with van der Waals surface area (Å²) in [5.74, 6) is -0.310. The molecule has 0 aliphatic heterocycles. The van der Waals surface area contributed by atoms with Gasteiger partial charge in [-0.05, 0) is 26.0 Å². The molecular formula is C16H18FN3O3S. The van der Waals surface area contributed by atoms with Crippen molar-refractivity contribution in [3.8, 4) is 5.75 Å². The highest BCUT2D eigenvalue weighted by atomic mass is 32.2. The molecule has 1 amide bonds. The Hall–Kier alpha value is -2.35. The van der Waals surface area contributed by atoms with E-state index < -0.39 is 17.2 Å². The first-order chi connectivity index (χ1) is 11.5. The maximum absolute atomic E-state index is 13.6. The number of carbonyl (C=O) groups excluding carboxylic acids is 1. The average Bonchev–Trinajstić information content (AvgIpc) is 3.03. The van der Waals surface area contributed by atoms with Gasteiger partial charge in [-0.25, -0.2) is 4.39 Å². The van der Waals surface area contributed by atoms with Crippen molar-refractivity contribution in [3.05, 3.63) is 48.6 Å². The van der Waals surface area contributed by atoms with E-state index in [1.807, 2.05) is 0 Å². The molecule has 0 fully saturated rings. The number of aromatic nitrogens is 2. The Bertz CT molecular complexity index is 707. The van der Waals surface area contributed by atoms with Crippen molar-refractivity contribution in [2.24, 2.45) is 0 Å². The summed E-state index contributed by atoms with van der Waals surface area (Å²) in [4.78, 5) is 11.8. The molecule has 1 N–H and O–H groups in total. The van der Waals surface area contributed by atoms with Crippen LogP contribution in [0.25, 0.3) is 0 Å². The summed E-state index contributed by atoms with van der Waals surface area (Å²) in [6, 6.07) is 6.07. The lowest BCUT2D eigenvalue weighted by Gasteiger charge is -2.11. The van der Waals surface area contributed by atoms with Crippen LogP contribution in [0.5, 0.6) is 5.75 Å². The van der Waals surface area contributed by atoms with Gasteiger partial charge < -0.3 is 14.5 Å². The number of para-hydroxylation sites is 1. The first-order valence-corrected chi connectivity index (χ1v) is 8.19. The number of benzene rings is 1. The van der Waals surface area contributed by atoms with E-state index in [1.165, 1.54) is 12.1 Å². The van der Waals surface area contributed by atoms with Crippen molar-refractivity contribution in [1.29, 1.82) is 0 Å². The van der Waals surface area contributed by atoms with Crippen LogP contribution in [0.4, 0.5) is 4.39 Å². The summed E-state index contributed by atoms with van der Waals surface area (Å²) in [5.41, 5.74) is 0. The fourth-order valence-electron chi connectivity index (χ4n) is 1.73. The largest absolute Gasteiger partial charge is 0.478 e. The fraction of sp³-hybridized carbons (Fsp3) is 0.312. The normalized spacial score (nSPS) is 13.1. The van der Waals surface area contributed by atoms with Gasteiger partial charge in [0, 0.05) is 6.54 Å². The number of nitrogens with zero attached hydrogens (tertiary/aromatic N) is 2. The zero-order valence-corrected chi connectivity index (χ0v) is 14.2. The van der Waals surface area contributed by atoms with Gasteiger partial charge in [-0.3, -0.25) is 4.79 Å². The molecule has 0 bridgehead atoms. The van der Waals surface area contributed by atoms with E-state index in [-0.39, 0.29) is 22.8 Å². The number of carbonyl (C=O) groups is 1. The van der Waals surface area contributed by atoms with Gasteiger partial charge in [0.25, 0.3) is 11.1 Å². The van der Waals surface area contributed by atoms with Crippen LogP contribution in [0.1, 0.15) is 25.8 Å². The molecule has 0 saturated carbocycles. The Labute approximate surface area is 143 Å². The number of thioether (sulfide) groups is 1. The molecule has 8 heteroatoms. The monoisotopic (exact) mass is 351 g/mol. The number of hydrogen-bond acceptors (Lipinski definition) is 6. The zero-order chi connectivity index (χ0) is 17.5. The number of nitrogens with one attached hydrogen (secondary N) is 1. The van der Waals surface area contributed by atoms with Crippen LogP contribution in [0, 0.1) is 5.82 Å². The summed E-state index contributed by atoms with van der Waals surface area (Å²) in [6.07, 6.45) is 0.982. The summed E-state index contributed by atoms with van der Waals surface area (Å²) < 4.78 is 24.5. The predicted molar refractivity (Wildman–Crippen MR) is 88.3 cm³/mol. The highest BCUT2D eigenvalue weighted by Crippen LogP contribution is 2.27. The van der Waals surface area contributed by atoms with Crippen molar-refractivity contribution in [2.75, 3.05) is 6.54 Å². The van der Waals surface area contributed by atoms with Gasteiger partial charge in [0.1, 0.15) is 0 Å². The Balaban J connectivity index is 1.96. The smallest absolute Gasteiger partial charge is 0.277 e. The molecule has 0 radical (unpaired) electrons. The lowest BCUT2D eigenvalue weighted by molar-refractivity contribution is -0.120. The molecule has 1 aromatic heterocycles. The first kappa shape index (κ1) is 18.0. The molecule has 1 aromatic carbocycles. The molecule has 0 unspecified atom stereocenters. The molecule has 24 heavy (non-hydrogen) atoms. The van der Waals surface area contributed by atoms with Crippen LogP contribution in [0.2, 0.25) is 0 Å². The van der Waals surface area contributed by atoms with Crippen LogP contribution in [-0.4, -0.2) is 27.9 Å². The molecule has 128 valence electrons. The number of amides is 1. The summed E-state index contributed by atoms with van der Waals surface area (Å²) >= 11 is 1.13. The minimum atomic E-state index is -0.617. The molecule has 0 spiro atoms. The molecule has 6 nitrogen and oxygen atoms in total. The summed E-state index contributed by atoms with van der Waals surface area (Å²) in [6.45, 7) is 7.34. The highest BCUT2D eigenvalue weighted by Gasteiger charge is 2.21. The Morgan fingerprint density at radius 2 is 2.21 bits per heavy atom. The second-order valence-corrected chi connectivity index (χ2v) is 6.18. The molecule has 0 saturated heterocycles. The van der Waals surface area contributed by atoms with E-state index in [2.05, 4.69) is 22.1 Å². The van der Waals surface area contributed by atoms with E-state index >= 15 is 0 Å². The molecule has 2 rings (SSSR count). The third kappa shape index (κ3) is 4.82. The minimum absolute atomic E-state index is 0.106. The average molecular weight is 351 g/mol. The van der Waals surface area contributed by atoms with Crippen LogP contribution >= 0.6 is 11.8 Å². The standard InChI is InChI=1S/C16H18FN3O3S/c1-4-9-18-14(21)11(3)24-16-20-19-15(23-16)10(2)22-13-8-6-5-7-12(13)17/h4-8,10-11H,1,9H2,2-3H3,(H,18,21)/t10-,11+/m0/s1. The minimum Gasteiger partial charge on any atom is -0.478 e. The van der Waals surface area contributed by atoms with Crippen LogP contribution in [-0.2, 0) is 4.79 Å². The van der Waals surface area contributed by atoms with Gasteiger partial charge in [-0.1, -0.05) is 30.0 Å². The SMILES string of the molecule is C=CCNC(=O)[C@@H](C)Sc1nnc([C@H](C)Oc2ccccc2F)o1. The predicted octanol–water partition coefficient (Wildman–Crippen LogP) is 3.13. The Morgan fingerprint density at radius 3 is 2.92 bits per heavy atom. The van der Waals surface area contributed by atoms with Crippen molar-refractivity contribution < 1.29 is 18.3 Å². The van der Waals surface area contributed by atoms with Crippen LogP contribution in [0.3, 0.4) is 0 Å². The van der Waals surface area contributed by atoms with E-state index in [4.69, 9.17) is 9.15 Å². The van der Waals surface area contributed by atoms with Crippen molar-refractivity contribution in [2.45, 2.75) is 30.4 Å². The second kappa shape index (κ2) is 8.49. The molecule has 0 aliphatic carbocycles. The van der Waals surface area contributed by atoms with E-state index in [9.17, 15) is 9.18 Å². The summed E-state index contributed by atoms with van der Waals surface area (Å²) in [7, 11) is 0. The number of halogens is 1. The van der Waals surface area contributed by atoms with Crippen LogP contribution < -0.4 is 10.1 Å². The van der Waals surface area contributed by atoms with Gasteiger partial charge in [-0.15, -0.1) is 16.8 Å². The molecule has 0 aliphatic rings. The number of rotatable bonds is 8. The third-order valence-electron chi connectivity index (χ3n) is 2.98. The number of ether oxygens (including phenoxy) is 1. The maximum Gasteiger partial charge on any atom is 0.277 e. The molecule has 2 aromatic rings. The van der Waals surface area contributed by atoms with Gasteiger partial charge in [-0.2, -0.15) is 0 Å². The van der Waals surface area contributed by atoms with Gasteiger partial charge in [0.15, 0.2) is 17.7 Å². The summed E-state index contributed by atoms with van der Waals surface area (Å²) in [5, 5.41) is 10.3. The lowest BCUT2D eigenvalue weighted by Crippen LogP contribution is -2.30. The number of hydrogen-bond donors (Lipinski definition) is 1.